The third-order valence-corrected chi connectivity index (χ3v) is 5.81. The number of carbonyl (C=O) groups is 1. The van der Waals surface area contributed by atoms with Crippen molar-refractivity contribution in [3.05, 3.63) is 41.0 Å². The van der Waals surface area contributed by atoms with Gasteiger partial charge in [0.25, 0.3) is 11.1 Å². The highest BCUT2D eigenvalue weighted by atomic mass is 32.2. The van der Waals surface area contributed by atoms with Crippen molar-refractivity contribution in [3.8, 4) is 6.07 Å². The van der Waals surface area contributed by atoms with Crippen molar-refractivity contribution in [2.24, 2.45) is 0 Å². The molecule has 0 fully saturated rings. The van der Waals surface area contributed by atoms with Crippen molar-refractivity contribution in [1.82, 2.24) is 9.36 Å². The molecule has 0 atom stereocenters. The monoisotopic (exact) mass is 390 g/mol. The lowest BCUT2D eigenvalue weighted by atomic mass is 10.0. The summed E-state index contributed by atoms with van der Waals surface area (Å²) in [5.41, 5.74) is 1.76. The van der Waals surface area contributed by atoms with Crippen LogP contribution in [-0.4, -0.2) is 29.4 Å². The number of rotatable bonds is 6. The Kier molecular flexibility index (Phi) is 6.23. The molecule has 1 heterocycles. The number of amides is 1. The van der Waals surface area contributed by atoms with Gasteiger partial charge in [0, 0.05) is 11.5 Å². The van der Waals surface area contributed by atoms with E-state index in [4.69, 9.17) is 0 Å². The molecule has 0 saturated heterocycles. The van der Waals surface area contributed by atoms with Gasteiger partial charge in [0.1, 0.15) is 11.6 Å². The second-order valence-corrected chi connectivity index (χ2v) is 8.65. The Morgan fingerprint density at radius 3 is 2.54 bits per heavy atom. The Morgan fingerprint density at radius 1 is 1.35 bits per heavy atom. The predicted molar refractivity (Wildman–Crippen MR) is 100 cm³/mol. The summed E-state index contributed by atoms with van der Waals surface area (Å²) in [6, 6.07) is 9.38. The van der Waals surface area contributed by atoms with Gasteiger partial charge in [0.2, 0.25) is 15.0 Å². The summed E-state index contributed by atoms with van der Waals surface area (Å²) in [4.78, 5) is 16.0. The molecule has 0 saturated carbocycles. The van der Waals surface area contributed by atoms with Crippen LogP contribution in [0.15, 0.2) is 35.0 Å². The molecule has 136 valence electrons. The highest BCUT2D eigenvalue weighted by Crippen LogP contribution is 2.18. The van der Waals surface area contributed by atoms with Crippen molar-refractivity contribution in [1.29, 1.82) is 5.26 Å². The SMILES string of the molecule is CCS(=O)(=O)c1nsc(NC(=O)/C(C#N)=C\c2ccc(C(C)C)cc2)n1. The number of hydrogen-bond donors (Lipinski definition) is 1. The first-order chi connectivity index (χ1) is 12.3. The van der Waals surface area contributed by atoms with Crippen LogP contribution < -0.4 is 5.32 Å². The maximum Gasteiger partial charge on any atom is 0.268 e. The predicted octanol–water partition coefficient (Wildman–Crippen LogP) is 3.00. The molecule has 0 spiro atoms. The Hall–Kier alpha value is -2.57. The van der Waals surface area contributed by atoms with Crippen molar-refractivity contribution >= 4 is 38.5 Å². The van der Waals surface area contributed by atoms with Gasteiger partial charge in [-0.1, -0.05) is 45.0 Å². The number of benzene rings is 1. The van der Waals surface area contributed by atoms with E-state index in [1.165, 1.54) is 13.0 Å². The summed E-state index contributed by atoms with van der Waals surface area (Å²) in [5.74, 6) is -0.415. The number of carbonyl (C=O) groups excluding carboxylic acids is 1. The van der Waals surface area contributed by atoms with Crippen LogP contribution in [0.3, 0.4) is 0 Å². The van der Waals surface area contributed by atoms with Gasteiger partial charge in [-0.2, -0.15) is 14.6 Å². The van der Waals surface area contributed by atoms with E-state index in [-0.39, 0.29) is 21.6 Å². The third-order valence-electron chi connectivity index (χ3n) is 3.57. The Labute approximate surface area is 156 Å². The van der Waals surface area contributed by atoms with Gasteiger partial charge in [-0.05, 0) is 23.1 Å². The van der Waals surface area contributed by atoms with Gasteiger partial charge in [-0.25, -0.2) is 8.42 Å². The largest absolute Gasteiger partial charge is 0.296 e. The molecule has 0 radical (unpaired) electrons. The molecular weight excluding hydrogens is 372 g/mol. The van der Waals surface area contributed by atoms with Crippen molar-refractivity contribution < 1.29 is 13.2 Å². The molecule has 2 aromatic rings. The van der Waals surface area contributed by atoms with Gasteiger partial charge < -0.3 is 0 Å². The zero-order chi connectivity index (χ0) is 19.3. The van der Waals surface area contributed by atoms with E-state index in [9.17, 15) is 18.5 Å². The summed E-state index contributed by atoms with van der Waals surface area (Å²) in [6.07, 6.45) is 1.46. The summed E-state index contributed by atoms with van der Waals surface area (Å²) >= 11 is 0.751. The number of sulfone groups is 1. The fraction of sp³-hybridized carbons (Fsp3) is 0.294. The number of nitriles is 1. The molecular formula is C17H18N4O3S2. The van der Waals surface area contributed by atoms with Gasteiger partial charge in [0.05, 0.1) is 5.75 Å². The fourth-order valence-corrected chi connectivity index (χ4v) is 3.56. The van der Waals surface area contributed by atoms with E-state index < -0.39 is 15.7 Å². The fourth-order valence-electron chi connectivity index (χ4n) is 1.97. The molecule has 9 heteroatoms. The van der Waals surface area contributed by atoms with Crippen LogP contribution in [0.4, 0.5) is 5.13 Å². The highest BCUT2D eigenvalue weighted by Gasteiger charge is 2.19. The molecule has 0 unspecified atom stereocenters. The highest BCUT2D eigenvalue weighted by molar-refractivity contribution is 7.91. The first-order valence-electron chi connectivity index (χ1n) is 7.86. The van der Waals surface area contributed by atoms with Crippen molar-refractivity contribution in [3.63, 3.8) is 0 Å². The minimum Gasteiger partial charge on any atom is -0.296 e. The van der Waals surface area contributed by atoms with Gasteiger partial charge in [0.15, 0.2) is 0 Å². The molecule has 0 bridgehead atoms. The van der Waals surface area contributed by atoms with Crippen LogP contribution >= 0.6 is 11.5 Å². The maximum atomic E-state index is 12.2. The molecule has 0 aliphatic carbocycles. The van der Waals surface area contributed by atoms with Gasteiger partial charge >= 0.3 is 0 Å². The minimum atomic E-state index is -3.54. The third kappa shape index (κ3) is 4.74. The second-order valence-electron chi connectivity index (χ2n) is 5.73. The van der Waals surface area contributed by atoms with Crippen LogP contribution in [0.1, 0.15) is 37.8 Å². The molecule has 1 aromatic carbocycles. The van der Waals surface area contributed by atoms with E-state index in [0.717, 1.165) is 17.1 Å². The topological polar surface area (TPSA) is 113 Å². The molecule has 1 aromatic heterocycles. The molecule has 0 aliphatic heterocycles. The van der Waals surface area contributed by atoms with E-state index in [0.29, 0.717) is 11.5 Å². The van der Waals surface area contributed by atoms with Crippen LogP contribution in [0.5, 0.6) is 0 Å². The van der Waals surface area contributed by atoms with E-state index in [1.54, 1.807) is 0 Å². The molecule has 7 nitrogen and oxygen atoms in total. The normalized spacial score (nSPS) is 12.0. The Morgan fingerprint density at radius 2 is 2.00 bits per heavy atom. The maximum absolute atomic E-state index is 12.2. The summed E-state index contributed by atoms with van der Waals surface area (Å²) in [5, 5.41) is 11.4. The van der Waals surface area contributed by atoms with Crippen molar-refractivity contribution in [2.45, 2.75) is 31.8 Å². The Balaban J connectivity index is 2.17. The van der Waals surface area contributed by atoms with Crippen molar-refractivity contribution in [2.75, 3.05) is 11.1 Å². The lowest BCUT2D eigenvalue weighted by molar-refractivity contribution is -0.112. The number of nitrogens with zero attached hydrogens (tertiary/aromatic N) is 3. The van der Waals surface area contributed by atoms with Crippen LogP contribution in [0, 0.1) is 11.3 Å². The number of nitrogens with one attached hydrogen (secondary N) is 1. The molecule has 0 aliphatic rings. The van der Waals surface area contributed by atoms with Gasteiger partial charge in [-0.15, -0.1) is 0 Å². The smallest absolute Gasteiger partial charge is 0.268 e. The van der Waals surface area contributed by atoms with E-state index >= 15 is 0 Å². The lowest BCUT2D eigenvalue weighted by Gasteiger charge is -2.05. The first kappa shape index (κ1) is 19.8. The second kappa shape index (κ2) is 8.21. The summed E-state index contributed by atoms with van der Waals surface area (Å²) in [6.45, 7) is 5.64. The number of hydrogen-bond acceptors (Lipinski definition) is 7. The average Bonchev–Trinajstić information content (AvgIpc) is 3.09. The molecule has 1 amide bonds. The van der Waals surface area contributed by atoms with Crippen LogP contribution in [0.25, 0.3) is 6.08 Å². The number of aromatic nitrogens is 2. The Bertz CT molecular complexity index is 968. The van der Waals surface area contributed by atoms with E-state index in [2.05, 4.69) is 28.5 Å². The molecule has 1 N–H and O–H groups in total. The number of anilines is 1. The zero-order valence-corrected chi connectivity index (χ0v) is 16.2. The summed E-state index contributed by atoms with van der Waals surface area (Å²) in [7, 11) is -3.54. The van der Waals surface area contributed by atoms with Crippen LogP contribution in [0.2, 0.25) is 0 Å². The molecule has 26 heavy (non-hydrogen) atoms. The molecule has 2 rings (SSSR count). The lowest BCUT2D eigenvalue weighted by Crippen LogP contribution is -2.13. The average molecular weight is 390 g/mol. The quantitative estimate of drug-likeness (QED) is 0.599. The van der Waals surface area contributed by atoms with Crippen LogP contribution in [-0.2, 0) is 14.6 Å². The first-order valence-corrected chi connectivity index (χ1v) is 10.3. The van der Waals surface area contributed by atoms with E-state index in [1.807, 2.05) is 30.3 Å². The minimum absolute atomic E-state index is 0.0262. The zero-order valence-electron chi connectivity index (χ0n) is 14.6. The standard InChI is InChI=1S/C17H18N4O3S2/c1-4-26(23,24)17-20-16(25-21-17)19-15(22)14(10-18)9-12-5-7-13(8-6-12)11(2)3/h5-9,11H,4H2,1-3H3,(H,19,20,21,22)/b14-9-. The van der Waals surface area contributed by atoms with Gasteiger partial charge in [-0.3, -0.25) is 10.1 Å². The summed E-state index contributed by atoms with van der Waals surface area (Å²) < 4.78 is 27.2.